The average Bonchev–Trinajstić information content (AvgIpc) is 3.02. The minimum atomic E-state index is -3.04. The van der Waals surface area contributed by atoms with Gasteiger partial charge in [-0.2, -0.15) is 4.31 Å². The fourth-order valence-electron chi connectivity index (χ4n) is 1.73. The second-order valence-corrected chi connectivity index (χ2v) is 6.49. The standard InChI is InChI=1S/C8H16N2O3S2/c11-15(12,8-1-2-8)10-3-4-13-7(6-10)5-9-14/h7-9,14H,1-6H2/t7-/m1/s1. The van der Waals surface area contributed by atoms with E-state index in [0.717, 1.165) is 12.8 Å². The number of hydrogen-bond acceptors (Lipinski definition) is 5. The summed E-state index contributed by atoms with van der Waals surface area (Å²) in [4.78, 5) is 0. The van der Waals surface area contributed by atoms with Crippen molar-refractivity contribution in [3.8, 4) is 0 Å². The van der Waals surface area contributed by atoms with Crippen LogP contribution in [0, 0.1) is 0 Å². The zero-order valence-electron chi connectivity index (χ0n) is 8.42. The lowest BCUT2D eigenvalue weighted by Gasteiger charge is -2.31. The Kier molecular flexibility index (Phi) is 3.56. The molecule has 1 N–H and O–H groups in total. The fourth-order valence-corrected chi connectivity index (χ4v) is 3.79. The van der Waals surface area contributed by atoms with Crippen LogP contribution in [0.25, 0.3) is 0 Å². The van der Waals surface area contributed by atoms with Crippen molar-refractivity contribution < 1.29 is 13.2 Å². The van der Waals surface area contributed by atoms with Gasteiger partial charge in [-0.3, -0.25) is 4.72 Å². The minimum absolute atomic E-state index is 0.0789. The van der Waals surface area contributed by atoms with Crippen molar-refractivity contribution in [2.75, 3.05) is 26.2 Å². The molecule has 2 rings (SSSR count). The normalized spacial score (nSPS) is 29.3. The van der Waals surface area contributed by atoms with Crippen molar-refractivity contribution in [1.29, 1.82) is 0 Å². The topological polar surface area (TPSA) is 58.6 Å². The summed E-state index contributed by atoms with van der Waals surface area (Å²) in [6.45, 7) is 1.99. The van der Waals surface area contributed by atoms with Crippen LogP contribution in [0.5, 0.6) is 0 Å². The number of sulfonamides is 1. The Morgan fingerprint density at radius 3 is 2.80 bits per heavy atom. The molecular formula is C8H16N2O3S2. The van der Waals surface area contributed by atoms with Gasteiger partial charge < -0.3 is 4.74 Å². The van der Waals surface area contributed by atoms with Crippen molar-refractivity contribution in [1.82, 2.24) is 9.03 Å². The third kappa shape index (κ3) is 2.65. The minimum Gasteiger partial charge on any atom is -0.374 e. The molecule has 2 fully saturated rings. The Labute approximate surface area is 95.8 Å². The van der Waals surface area contributed by atoms with Crippen LogP contribution in [0.2, 0.25) is 0 Å². The summed E-state index contributed by atoms with van der Waals surface area (Å²) in [7, 11) is -3.04. The van der Waals surface area contributed by atoms with Gasteiger partial charge in [-0.1, -0.05) is 12.8 Å². The molecule has 0 bridgehead atoms. The molecule has 1 heterocycles. The number of thiol groups is 1. The monoisotopic (exact) mass is 252 g/mol. The highest BCUT2D eigenvalue weighted by atomic mass is 32.2. The summed E-state index contributed by atoms with van der Waals surface area (Å²) in [5.74, 6) is 0. The Hall–Kier alpha value is 0.180. The molecule has 1 saturated heterocycles. The van der Waals surface area contributed by atoms with Gasteiger partial charge in [0.15, 0.2) is 0 Å². The molecule has 5 nitrogen and oxygen atoms in total. The third-order valence-electron chi connectivity index (χ3n) is 2.73. The zero-order valence-corrected chi connectivity index (χ0v) is 10.1. The van der Waals surface area contributed by atoms with Crippen LogP contribution in [0.15, 0.2) is 0 Å². The quantitative estimate of drug-likeness (QED) is 0.669. The third-order valence-corrected chi connectivity index (χ3v) is 5.27. The predicted molar refractivity (Wildman–Crippen MR) is 60.2 cm³/mol. The molecule has 0 aromatic carbocycles. The van der Waals surface area contributed by atoms with E-state index in [0.29, 0.717) is 26.2 Å². The van der Waals surface area contributed by atoms with Crippen molar-refractivity contribution in [3.05, 3.63) is 0 Å². The summed E-state index contributed by atoms with van der Waals surface area (Å²) in [5.41, 5.74) is 0. The number of nitrogens with zero attached hydrogens (tertiary/aromatic N) is 1. The van der Waals surface area contributed by atoms with Gasteiger partial charge in [-0.15, -0.1) is 0 Å². The molecule has 1 aliphatic carbocycles. The van der Waals surface area contributed by atoms with Gasteiger partial charge in [0.05, 0.1) is 18.0 Å². The van der Waals surface area contributed by atoms with Crippen molar-refractivity contribution in [2.24, 2.45) is 0 Å². The van der Waals surface area contributed by atoms with Gasteiger partial charge >= 0.3 is 0 Å². The number of rotatable bonds is 4. The second kappa shape index (κ2) is 4.58. The van der Waals surface area contributed by atoms with E-state index in [4.69, 9.17) is 4.74 Å². The van der Waals surface area contributed by atoms with Crippen molar-refractivity contribution >= 4 is 22.8 Å². The highest BCUT2D eigenvalue weighted by molar-refractivity contribution is 7.90. The predicted octanol–water partition coefficient (Wildman–Crippen LogP) is -0.386. The first-order valence-corrected chi connectivity index (χ1v) is 7.07. The fraction of sp³-hybridized carbons (Fsp3) is 1.00. The first kappa shape index (κ1) is 11.7. The van der Waals surface area contributed by atoms with Crippen LogP contribution in [-0.4, -0.2) is 50.3 Å². The lowest BCUT2D eigenvalue weighted by atomic mass is 10.3. The van der Waals surface area contributed by atoms with E-state index in [-0.39, 0.29) is 11.4 Å². The molecule has 0 unspecified atom stereocenters. The van der Waals surface area contributed by atoms with Gasteiger partial charge in [0.2, 0.25) is 10.0 Å². The lowest BCUT2D eigenvalue weighted by Crippen LogP contribution is -2.49. The second-order valence-electron chi connectivity index (χ2n) is 3.96. The van der Waals surface area contributed by atoms with Gasteiger partial charge in [0.25, 0.3) is 0 Å². The summed E-state index contributed by atoms with van der Waals surface area (Å²) in [6.07, 6.45) is 1.55. The van der Waals surface area contributed by atoms with Crippen molar-refractivity contribution in [2.45, 2.75) is 24.2 Å². The smallest absolute Gasteiger partial charge is 0.217 e. The lowest BCUT2D eigenvalue weighted by molar-refractivity contribution is 0.00291. The van der Waals surface area contributed by atoms with Crippen LogP contribution in [0.4, 0.5) is 0 Å². The van der Waals surface area contributed by atoms with E-state index in [1.807, 2.05) is 0 Å². The molecule has 0 aromatic heterocycles. The van der Waals surface area contributed by atoms with Crippen LogP contribution in [-0.2, 0) is 14.8 Å². The van der Waals surface area contributed by atoms with Crippen LogP contribution in [0.1, 0.15) is 12.8 Å². The Balaban J connectivity index is 1.97. The Bertz CT molecular complexity index is 314. The maximum Gasteiger partial charge on any atom is 0.217 e. The maximum atomic E-state index is 11.9. The number of nitrogens with one attached hydrogen (secondary N) is 1. The molecule has 7 heteroatoms. The molecule has 15 heavy (non-hydrogen) atoms. The van der Waals surface area contributed by atoms with E-state index in [2.05, 4.69) is 17.5 Å². The number of hydrogen-bond donors (Lipinski definition) is 2. The van der Waals surface area contributed by atoms with E-state index < -0.39 is 10.0 Å². The van der Waals surface area contributed by atoms with Crippen LogP contribution < -0.4 is 4.72 Å². The van der Waals surface area contributed by atoms with Crippen LogP contribution >= 0.6 is 12.8 Å². The number of ether oxygens (including phenoxy) is 1. The molecule has 1 atom stereocenters. The van der Waals surface area contributed by atoms with Crippen molar-refractivity contribution in [3.63, 3.8) is 0 Å². The molecule has 0 radical (unpaired) electrons. The average molecular weight is 252 g/mol. The van der Waals surface area contributed by atoms with E-state index in [1.54, 1.807) is 4.31 Å². The van der Waals surface area contributed by atoms with Gasteiger partial charge in [-0.25, -0.2) is 8.42 Å². The Morgan fingerprint density at radius 2 is 2.20 bits per heavy atom. The largest absolute Gasteiger partial charge is 0.374 e. The highest BCUT2D eigenvalue weighted by Crippen LogP contribution is 2.31. The van der Waals surface area contributed by atoms with Gasteiger partial charge in [0, 0.05) is 19.6 Å². The maximum absolute atomic E-state index is 11.9. The zero-order chi connectivity index (χ0) is 10.9. The summed E-state index contributed by atoms with van der Waals surface area (Å²) >= 11 is 3.89. The van der Waals surface area contributed by atoms with E-state index in [1.165, 1.54) is 0 Å². The van der Waals surface area contributed by atoms with Gasteiger partial charge in [-0.05, 0) is 12.8 Å². The summed E-state index contributed by atoms with van der Waals surface area (Å²) in [6, 6.07) is 0. The summed E-state index contributed by atoms with van der Waals surface area (Å²) < 4.78 is 33.5. The Morgan fingerprint density at radius 1 is 1.47 bits per heavy atom. The highest BCUT2D eigenvalue weighted by Gasteiger charge is 2.41. The molecule has 1 saturated carbocycles. The number of morpholine rings is 1. The molecule has 0 spiro atoms. The molecular weight excluding hydrogens is 236 g/mol. The molecule has 2 aliphatic rings. The van der Waals surface area contributed by atoms with E-state index in [9.17, 15) is 8.42 Å². The van der Waals surface area contributed by atoms with Gasteiger partial charge in [0.1, 0.15) is 0 Å². The first-order valence-electron chi connectivity index (χ1n) is 5.12. The molecule has 1 aliphatic heterocycles. The van der Waals surface area contributed by atoms with Crippen LogP contribution in [0.3, 0.4) is 0 Å². The summed E-state index contributed by atoms with van der Waals surface area (Å²) in [5, 5.41) is -0.125. The molecule has 88 valence electrons. The first-order chi connectivity index (χ1) is 7.14. The van der Waals surface area contributed by atoms with E-state index >= 15 is 0 Å². The molecule has 0 amide bonds. The molecule has 0 aromatic rings. The SMILES string of the molecule is O=S(=O)(C1CC1)N1CCO[C@H](CNS)C1.